The Balaban J connectivity index is 0.00000196. The van der Waals surface area contributed by atoms with E-state index in [1.54, 1.807) is 31.4 Å². The zero-order valence-electron chi connectivity index (χ0n) is 8.23. The quantitative estimate of drug-likeness (QED) is 0.347. The van der Waals surface area contributed by atoms with Crippen LogP contribution in [0.15, 0.2) is 24.3 Å². The van der Waals surface area contributed by atoms with Gasteiger partial charge in [-0.3, -0.25) is 0 Å². The molecule has 4 nitrogen and oxygen atoms in total. The molecule has 1 rings (SSSR count). The Hall–Kier alpha value is -1.35. The molecule has 5 heteroatoms. The van der Waals surface area contributed by atoms with Crippen molar-refractivity contribution in [1.82, 2.24) is 0 Å². The number of ether oxygens (including phenoxy) is 2. The third-order valence-corrected chi connectivity index (χ3v) is 1.54. The summed E-state index contributed by atoms with van der Waals surface area (Å²) in [7, 11) is 1.55. The molecule has 15 heavy (non-hydrogen) atoms. The van der Waals surface area contributed by atoms with Crippen molar-refractivity contribution in [3.63, 3.8) is 0 Å². The van der Waals surface area contributed by atoms with Gasteiger partial charge in [0.2, 0.25) is 0 Å². The predicted octanol–water partition coefficient (Wildman–Crippen LogP) is 0.855. The third-order valence-electron chi connectivity index (χ3n) is 1.54. The number of carbonyl (C=O) groups excluding carboxylic acids is 2. The Morgan fingerprint density at radius 1 is 1.33 bits per heavy atom. The van der Waals surface area contributed by atoms with Crippen LogP contribution in [0.5, 0.6) is 5.75 Å². The van der Waals surface area contributed by atoms with Gasteiger partial charge in [-0.15, -0.1) is 0 Å². The summed E-state index contributed by atoms with van der Waals surface area (Å²) >= 11 is 0. The van der Waals surface area contributed by atoms with Gasteiger partial charge in [-0.1, -0.05) is 12.1 Å². The van der Waals surface area contributed by atoms with Crippen molar-refractivity contribution in [1.29, 1.82) is 0 Å². The Kier molecular flexibility index (Phi) is 6.38. The van der Waals surface area contributed by atoms with Crippen LogP contribution < -0.4 is 4.74 Å². The maximum absolute atomic E-state index is 10.8. The molecule has 0 saturated carbocycles. The van der Waals surface area contributed by atoms with Crippen molar-refractivity contribution in [2.75, 3.05) is 7.11 Å². The first-order valence-corrected chi connectivity index (χ1v) is 3.83. The van der Waals surface area contributed by atoms with Crippen LogP contribution in [0.25, 0.3) is 0 Å². The van der Waals surface area contributed by atoms with Crippen LogP contribution in [-0.4, -0.2) is 19.6 Å². The van der Waals surface area contributed by atoms with E-state index < -0.39 is 5.97 Å². The summed E-state index contributed by atoms with van der Waals surface area (Å²) in [6, 6.07) is 6.74. The van der Waals surface area contributed by atoms with Crippen LogP contribution in [0, 0.1) is 6.42 Å². The van der Waals surface area contributed by atoms with Crippen LogP contribution >= 0.6 is 0 Å². The van der Waals surface area contributed by atoms with Crippen molar-refractivity contribution < 1.29 is 38.5 Å². The minimum absolute atomic E-state index is 0. The molecular weight excluding hydrogens is 249 g/mol. The number of rotatable bonds is 4. The van der Waals surface area contributed by atoms with Gasteiger partial charge < -0.3 is 19.1 Å². The van der Waals surface area contributed by atoms with Gasteiger partial charge >= 0.3 is 19.5 Å². The van der Waals surface area contributed by atoms with Gasteiger partial charge in [0.15, 0.2) is 6.47 Å². The fraction of sp³-hybridized carbons (Fsp3) is 0.100. The van der Waals surface area contributed by atoms with E-state index in [2.05, 4.69) is 4.74 Å². The van der Waals surface area contributed by atoms with Gasteiger partial charge in [-0.05, 0) is 0 Å². The number of hydrogen-bond acceptors (Lipinski definition) is 4. The monoisotopic (exact) mass is 256 g/mol. The van der Waals surface area contributed by atoms with Crippen molar-refractivity contribution in [2.45, 2.75) is 0 Å². The zero-order chi connectivity index (χ0) is 10.4. The van der Waals surface area contributed by atoms with E-state index in [0.717, 1.165) is 6.47 Å². The molecule has 0 spiro atoms. The predicted molar refractivity (Wildman–Crippen MR) is 48.2 cm³/mol. The third kappa shape index (κ3) is 4.61. The molecule has 0 N–H and O–H groups in total. The van der Waals surface area contributed by atoms with E-state index in [1.807, 2.05) is 0 Å². The topological polar surface area (TPSA) is 52.6 Å². The first-order chi connectivity index (χ1) is 6.76. The standard InChI is InChI=1S/C10H8O4.Zn/c1-13-9-4-2-8(3-5-9)6-10(12)14-7-11;/h2-6H,1H3;/q-2;+2. The zero-order valence-corrected chi connectivity index (χ0v) is 11.2. The van der Waals surface area contributed by atoms with E-state index in [0.29, 0.717) is 11.3 Å². The molecule has 0 saturated heterocycles. The molecule has 1 aromatic carbocycles. The van der Waals surface area contributed by atoms with E-state index in [9.17, 15) is 9.59 Å². The number of carbonyl (C=O) groups is 1. The van der Waals surface area contributed by atoms with E-state index in [4.69, 9.17) is 4.74 Å². The normalized spacial score (nSPS) is 8.33. The van der Waals surface area contributed by atoms with Crippen LogP contribution in [0.3, 0.4) is 0 Å². The first kappa shape index (κ1) is 13.7. The fourth-order valence-corrected chi connectivity index (χ4v) is 0.907. The summed E-state index contributed by atoms with van der Waals surface area (Å²) in [5.41, 5.74) is 0.631. The maximum atomic E-state index is 10.8. The van der Waals surface area contributed by atoms with Crippen LogP contribution in [0.2, 0.25) is 0 Å². The molecule has 0 amide bonds. The number of hydrogen-bond donors (Lipinski definition) is 0. The van der Waals surface area contributed by atoms with Crippen LogP contribution in [0.1, 0.15) is 5.56 Å². The van der Waals surface area contributed by atoms with E-state index in [1.165, 1.54) is 6.42 Å². The van der Waals surface area contributed by atoms with Gasteiger partial charge in [0.25, 0.3) is 0 Å². The minimum atomic E-state index is -0.745. The number of methoxy groups -OCH3 is 1. The average Bonchev–Trinajstić information content (AvgIpc) is 2.19. The van der Waals surface area contributed by atoms with E-state index in [-0.39, 0.29) is 19.5 Å². The Labute approximate surface area is 100 Å². The van der Waals surface area contributed by atoms with Crippen LogP contribution in [0.4, 0.5) is 0 Å². The number of benzene rings is 1. The van der Waals surface area contributed by atoms with Gasteiger partial charge in [0.1, 0.15) is 5.97 Å². The van der Waals surface area contributed by atoms with Crippen molar-refractivity contribution in [3.8, 4) is 5.75 Å². The first-order valence-electron chi connectivity index (χ1n) is 3.83. The molecule has 1 aromatic rings. The molecule has 0 radical (unpaired) electrons. The maximum Gasteiger partial charge on any atom is 2.00 e. The van der Waals surface area contributed by atoms with Gasteiger partial charge in [0.05, 0.1) is 12.9 Å². The number of esters is 1. The molecule has 0 aliphatic rings. The molecule has 0 heterocycles. The molecule has 0 bridgehead atoms. The molecular formula is C10H8O4Zn. The second-order valence-electron chi connectivity index (χ2n) is 2.42. The van der Waals surface area contributed by atoms with Gasteiger partial charge in [-0.2, -0.15) is 24.1 Å². The minimum Gasteiger partial charge on any atom is -0.590 e. The largest absolute Gasteiger partial charge is 2.00 e. The Morgan fingerprint density at radius 3 is 2.40 bits per heavy atom. The smallest absolute Gasteiger partial charge is 0.590 e. The molecule has 0 unspecified atom stereocenters. The van der Waals surface area contributed by atoms with Crippen LogP contribution in [-0.2, 0) is 33.8 Å². The second kappa shape index (κ2) is 7.01. The molecule has 0 aliphatic heterocycles. The Morgan fingerprint density at radius 2 is 1.93 bits per heavy atom. The molecule has 0 atom stereocenters. The summed E-state index contributed by atoms with van der Waals surface area (Å²) < 4.78 is 8.90. The molecule has 0 aromatic heterocycles. The van der Waals surface area contributed by atoms with E-state index >= 15 is 0 Å². The molecule has 0 fully saturated rings. The van der Waals surface area contributed by atoms with Crippen molar-refractivity contribution in [2.24, 2.45) is 0 Å². The summed E-state index contributed by atoms with van der Waals surface area (Å²) in [5.74, 6) is -0.0531. The molecule has 0 aliphatic carbocycles. The SMILES string of the molecule is COc1ccc([CH-]C(=O)O[C-]=O)cc1.[Zn+2]. The average molecular weight is 258 g/mol. The fourth-order valence-electron chi connectivity index (χ4n) is 0.907. The summed E-state index contributed by atoms with van der Waals surface area (Å²) in [6.07, 6.45) is 1.18. The van der Waals surface area contributed by atoms with Gasteiger partial charge in [0, 0.05) is 0 Å². The van der Waals surface area contributed by atoms with Gasteiger partial charge in [-0.25, -0.2) is 0 Å². The van der Waals surface area contributed by atoms with Crippen molar-refractivity contribution in [3.05, 3.63) is 36.2 Å². The molecule has 74 valence electrons. The Bertz CT molecular complexity index is 321. The second-order valence-corrected chi connectivity index (χ2v) is 2.42. The summed E-state index contributed by atoms with van der Waals surface area (Å²) in [4.78, 5) is 20.5. The van der Waals surface area contributed by atoms with Crippen molar-refractivity contribution >= 4 is 12.4 Å². The summed E-state index contributed by atoms with van der Waals surface area (Å²) in [5, 5.41) is 0. The summed E-state index contributed by atoms with van der Waals surface area (Å²) in [6.45, 7) is 1.05.